The monoisotopic (exact) mass is 236 g/mol. The van der Waals surface area contributed by atoms with Gasteiger partial charge in [0.2, 0.25) is 0 Å². The van der Waals surface area contributed by atoms with Gasteiger partial charge in [0.25, 0.3) is 0 Å². The number of pyridine rings is 1. The highest BCUT2D eigenvalue weighted by Gasteiger charge is 2.40. The number of hydrogen-bond acceptors (Lipinski definition) is 3. The molecule has 17 heavy (non-hydrogen) atoms. The third kappa shape index (κ3) is 2.82. The van der Waals surface area contributed by atoms with Crippen LogP contribution in [0.3, 0.4) is 0 Å². The Labute approximate surface area is 102 Å². The van der Waals surface area contributed by atoms with E-state index in [1.807, 2.05) is 26.8 Å². The molecule has 1 rings (SSSR count). The molecule has 0 saturated carbocycles. The van der Waals surface area contributed by atoms with Crippen LogP contribution in [0.2, 0.25) is 0 Å². The lowest BCUT2D eigenvalue weighted by atomic mass is 9.73. The summed E-state index contributed by atoms with van der Waals surface area (Å²) in [7, 11) is 0. The van der Waals surface area contributed by atoms with E-state index in [9.17, 15) is 9.90 Å². The van der Waals surface area contributed by atoms with Gasteiger partial charge in [0.05, 0.1) is 5.41 Å². The molecule has 0 aliphatic rings. The molecular weight excluding hydrogens is 216 g/mol. The van der Waals surface area contributed by atoms with Gasteiger partial charge in [-0.1, -0.05) is 19.9 Å². The highest BCUT2D eigenvalue weighted by molar-refractivity contribution is 5.75. The van der Waals surface area contributed by atoms with E-state index in [1.54, 1.807) is 12.4 Å². The molecule has 1 aromatic heterocycles. The summed E-state index contributed by atoms with van der Waals surface area (Å²) in [5.41, 5.74) is 6.74. The van der Waals surface area contributed by atoms with Crippen molar-refractivity contribution in [3.8, 4) is 0 Å². The van der Waals surface area contributed by atoms with Crippen LogP contribution in [0.5, 0.6) is 0 Å². The molecule has 1 heterocycles. The van der Waals surface area contributed by atoms with Crippen LogP contribution in [0, 0.1) is 18.3 Å². The highest BCUT2D eigenvalue weighted by atomic mass is 16.4. The summed E-state index contributed by atoms with van der Waals surface area (Å²) in [5.74, 6) is -0.859. The predicted molar refractivity (Wildman–Crippen MR) is 66.6 cm³/mol. The van der Waals surface area contributed by atoms with Crippen molar-refractivity contribution >= 4 is 5.97 Å². The Balaban J connectivity index is 3.06. The minimum absolute atomic E-state index is 0.0227. The van der Waals surface area contributed by atoms with E-state index in [-0.39, 0.29) is 12.5 Å². The maximum absolute atomic E-state index is 11.5. The Morgan fingerprint density at radius 1 is 1.53 bits per heavy atom. The summed E-state index contributed by atoms with van der Waals surface area (Å²) < 4.78 is 0. The molecule has 0 radical (unpaired) electrons. The third-order valence-corrected chi connectivity index (χ3v) is 3.35. The van der Waals surface area contributed by atoms with E-state index in [1.165, 1.54) is 0 Å². The first-order chi connectivity index (χ1) is 7.92. The van der Waals surface area contributed by atoms with Crippen molar-refractivity contribution in [1.29, 1.82) is 0 Å². The average Bonchev–Trinajstić information content (AvgIpc) is 2.25. The molecule has 1 atom stereocenters. The first-order valence-corrected chi connectivity index (χ1v) is 5.76. The molecule has 0 bridgehead atoms. The summed E-state index contributed by atoms with van der Waals surface area (Å²) in [6.07, 6.45) is 3.89. The van der Waals surface area contributed by atoms with Crippen molar-refractivity contribution in [2.75, 3.05) is 6.54 Å². The van der Waals surface area contributed by atoms with E-state index in [2.05, 4.69) is 4.98 Å². The Bertz CT molecular complexity index is 404. The molecule has 0 saturated heterocycles. The molecule has 0 aromatic carbocycles. The fourth-order valence-corrected chi connectivity index (χ4v) is 2.00. The normalized spacial score (nSPS) is 14.6. The van der Waals surface area contributed by atoms with Crippen LogP contribution < -0.4 is 5.73 Å². The van der Waals surface area contributed by atoms with E-state index in [0.29, 0.717) is 6.42 Å². The van der Waals surface area contributed by atoms with E-state index >= 15 is 0 Å². The number of carboxylic acid groups (broad SMARTS) is 1. The zero-order valence-corrected chi connectivity index (χ0v) is 10.6. The second-order valence-corrected chi connectivity index (χ2v) is 4.87. The van der Waals surface area contributed by atoms with Crippen LogP contribution in [-0.2, 0) is 11.2 Å². The van der Waals surface area contributed by atoms with Crippen molar-refractivity contribution in [1.82, 2.24) is 4.98 Å². The van der Waals surface area contributed by atoms with E-state index in [0.717, 1.165) is 11.1 Å². The van der Waals surface area contributed by atoms with Crippen molar-refractivity contribution in [2.45, 2.75) is 27.2 Å². The number of aromatic nitrogens is 1. The molecule has 0 aliphatic carbocycles. The van der Waals surface area contributed by atoms with Crippen molar-refractivity contribution in [3.05, 3.63) is 29.6 Å². The number of rotatable bonds is 5. The number of aliphatic carboxylic acids is 1. The van der Waals surface area contributed by atoms with Gasteiger partial charge in [0.1, 0.15) is 0 Å². The number of hydrogen-bond donors (Lipinski definition) is 2. The van der Waals surface area contributed by atoms with Gasteiger partial charge in [-0.15, -0.1) is 0 Å². The van der Waals surface area contributed by atoms with Gasteiger partial charge in [-0.3, -0.25) is 9.78 Å². The first kappa shape index (κ1) is 13.6. The van der Waals surface area contributed by atoms with Crippen molar-refractivity contribution in [3.63, 3.8) is 0 Å². The van der Waals surface area contributed by atoms with E-state index < -0.39 is 11.4 Å². The Morgan fingerprint density at radius 2 is 2.18 bits per heavy atom. The zero-order valence-electron chi connectivity index (χ0n) is 10.6. The number of carbonyl (C=O) groups is 1. The van der Waals surface area contributed by atoms with Crippen LogP contribution in [0.4, 0.5) is 0 Å². The number of aryl methyl sites for hydroxylation is 1. The second-order valence-electron chi connectivity index (χ2n) is 4.87. The Hall–Kier alpha value is -1.42. The molecule has 0 spiro atoms. The zero-order chi connectivity index (χ0) is 13.1. The summed E-state index contributed by atoms with van der Waals surface area (Å²) >= 11 is 0. The molecule has 0 aliphatic heterocycles. The summed E-state index contributed by atoms with van der Waals surface area (Å²) in [6.45, 7) is 5.86. The fraction of sp³-hybridized carbons (Fsp3) is 0.538. The summed E-state index contributed by atoms with van der Waals surface area (Å²) in [4.78, 5) is 15.6. The largest absolute Gasteiger partial charge is 0.481 e. The van der Waals surface area contributed by atoms with Gasteiger partial charge in [-0.25, -0.2) is 0 Å². The van der Waals surface area contributed by atoms with Crippen LogP contribution in [0.25, 0.3) is 0 Å². The van der Waals surface area contributed by atoms with Crippen LogP contribution in [0.15, 0.2) is 18.5 Å². The molecule has 3 N–H and O–H groups in total. The highest BCUT2D eigenvalue weighted by Crippen LogP contribution is 2.31. The van der Waals surface area contributed by atoms with Gasteiger partial charge in [0.15, 0.2) is 0 Å². The number of carboxylic acids is 1. The molecule has 0 fully saturated rings. The predicted octanol–water partition coefficient (Wildman–Crippen LogP) is 1.62. The Kier molecular flexibility index (Phi) is 4.23. The van der Waals surface area contributed by atoms with Gasteiger partial charge < -0.3 is 10.8 Å². The van der Waals surface area contributed by atoms with Crippen molar-refractivity contribution < 1.29 is 9.90 Å². The molecule has 4 heteroatoms. The fourth-order valence-electron chi connectivity index (χ4n) is 2.00. The minimum Gasteiger partial charge on any atom is -0.481 e. The lowest BCUT2D eigenvalue weighted by molar-refractivity contribution is -0.151. The van der Waals surface area contributed by atoms with Crippen LogP contribution >= 0.6 is 0 Å². The molecule has 1 aromatic rings. The number of nitrogens with zero attached hydrogens (tertiary/aromatic N) is 1. The maximum atomic E-state index is 11.5. The lowest BCUT2D eigenvalue weighted by Crippen LogP contribution is -2.45. The minimum atomic E-state index is -0.907. The smallest absolute Gasteiger partial charge is 0.311 e. The molecule has 94 valence electrons. The van der Waals surface area contributed by atoms with Gasteiger partial charge in [-0.2, -0.15) is 0 Å². The van der Waals surface area contributed by atoms with Gasteiger partial charge >= 0.3 is 5.97 Å². The van der Waals surface area contributed by atoms with Crippen LogP contribution in [-0.4, -0.2) is 22.6 Å². The molecular formula is C13H20N2O2. The summed E-state index contributed by atoms with van der Waals surface area (Å²) in [6, 6.07) is 1.96. The number of nitrogens with two attached hydrogens (primary N) is 1. The topological polar surface area (TPSA) is 76.2 Å². The quantitative estimate of drug-likeness (QED) is 0.814. The van der Waals surface area contributed by atoms with Gasteiger partial charge in [0, 0.05) is 18.9 Å². The third-order valence-electron chi connectivity index (χ3n) is 3.35. The standard InChI is InChI=1S/C13H20N2O2/c1-9(2)13(8-14,12(16)17)5-11-4-10(3)6-15-7-11/h4,6-7,9H,5,8,14H2,1-3H3,(H,16,17). The SMILES string of the molecule is Cc1cncc(CC(CN)(C(=O)O)C(C)C)c1. The van der Waals surface area contributed by atoms with Crippen molar-refractivity contribution in [2.24, 2.45) is 17.1 Å². The van der Waals surface area contributed by atoms with Gasteiger partial charge in [-0.05, 0) is 30.4 Å². The molecule has 1 unspecified atom stereocenters. The summed E-state index contributed by atoms with van der Waals surface area (Å²) in [5, 5.41) is 9.42. The second kappa shape index (κ2) is 5.27. The average molecular weight is 236 g/mol. The first-order valence-electron chi connectivity index (χ1n) is 5.76. The van der Waals surface area contributed by atoms with E-state index in [4.69, 9.17) is 5.73 Å². The lowest BCUT2D eigenvalue weighted by Gasteiger charge is -2.32. The maximum Gasteiger partial charge on any atom is 0.311 e. The molecule has 4 nitrogen and oxygen atoms in total. The molecule has 0 amide bonds. The Morgan fingerprint density at radius 3 is 2.59 bits per heavy atom. The van der Waals surface area contributed by atoms with Crippen LogP contribution in [0.1, 0.15) is 25.0 Å².